The van der Waals surface area contributed by atoms with Crippen molar-refractivity contribution >= 4 is 43.5 Å². The average Bonchev–Trinajstić information content (AvgIpc) is 3.69. The van der Waals surface area contributed by atoms with E-state index in [9.17, 15) is 0 Å². The van der Waals surface area contributed by atoms with Crippen LogP contribution in [0.3, 0.4) is 0 Å². The number of benzene rings is 9. The SMILES string of the molecule is c1ccc(-c2nc(-c3ccc(-c4cccc5ccccc45)cc3)nc(-c3c(-c4ccc(-c5ccccc5)c5oc6ccccc6c45)ccc4ccccc34)n2)cc1. The first-order valence-corrected chi connectivity index (χ1v) is 19.2. The molecule has 2 heterocycles. The minimum Gasteiger partial charge on any atom is -0.455 e. The molecule has 4 nitrogen and oxygen atoms in total. The van der Waals surface area contributed by atoms with Gasteiger partial charge in [-0.2, -0.15) is 0 Å². The van der Waals surface area contributed by atoms with Crippen molar-refractivity contribution in [3.63, 3.8) is 0 Å². The zero-order valence-corrected chi connectivity index (χ0v) is 30.8. The Labute approximate surface area is 329 Å². The second kappa shape index (κ2) is 13.6. The van der Waals surface area contributed by atoms with Crippen molar-refractivity contribution in [1.29, 1.82) is 0 Å². The standard InChI is InChI=1S/C53H33N3O/c1-3-14-35(15-4-1)43-32-33-44(48-46-23-11-12-25-47(46)57-50(43)48)45-31-30-36-17-8-10-22-42(36)49(45)53-55-51(38-18-5-2-6-19-38)54-52(56-53)39-28-26-37(27-29-39)41-24-13-20-34-16-7-9-21-40(34)41/h1-33H. The average molecular weight is 728 g/mol. The van der Waals surface area contributed by atoms with E-state index in [0.29, 0.717) is 17.5 Å². The summed E-state index contributed by atoms with van der Waals surface area (Å²) in [6.07, 6.45) is 0. The number of para-hydroxylation sites is 1. The molecule has 11 rings (SSSR count). The van der Waals surface area contributed by atoms with Crippen LogP contribution >= 0.6 is 0 Å². The monoisotopic (exact) mass is 727 g/mol. The van der Waals surface area contributed by atoms with E-state index < -0.39 is 0 Å². The fourth-order valence-electron chi connectivity index (χ4n) is 8.24. The number of aromatic nitrogens is 3. The number of furan rings is 1. The first-order valence-electron chi connectivity index (χ1n) is 19.2. The lowest BCUT2D eigenvalue weighted by Gasteiger charge is -2.16. The first kappa shape index (κ1) is 32.7. The molecule has 0 fully saturated rings. The Bertz CT molecular complexity index is 3270. The molecular weight excluding hydrogens is 695 g/mol. The van der Waals surface area contributed by atoms with Gasteiger partial charge >= 0.3 is 0 Å². The second-order valence-electron chi connectivity index (χ2n) is 14.3. The van der Waals surface area contributed by atoms with Crippen molar-refractivity contribution in [1.82, 2.24) is 15.0 Å². The molecule has 0 aliphatic heterocycles. The molecule has 0 aliphatic carbocycles. The first-order chi connectivity index (χ1) is 28.3. The fourth-order valence-corrected chi connectivity index (χ4v) is 8.24. The highest BCUT2D eigenvalue weighted by Gasteiger charge is 2.23. The Kier molecular flexibility index (Phi) is 7.78. The molecule has 2 aromatic heterocycles. The quantitative estimate of drug-likeness (QED) is 0.171. The van der Waals surface area contributed by atoms with Crippen molar-refractivity contribution in [3.05, 3.63) is 200 Å². The summed E-state index contributed by atoms with van der Waals surface area (Å²) < 4.78 is 6.71. The molecule has 0 saturated carbocycles. The van der Waals surface area contributed by atoms with Crippen LogP contribution in [0.25, 0.3) is 111 Å². The van der Waals surface area contributed by atoms with Crippen LogP contribution in [0.15, 0.2) is 205 Å². The van der Waals surface area contributed by atoms with Crippen LogP contribution in [-0.4, -0.2) is 15.0 Å². The van der Waals surface area contributed by atoms with Crippen LogP contribution in [0.2, 0.25) is 0 Å². The van der Waals surface area contributed by atoms with Gasteiger partial charge in [-0.05, 0) is 61.5 Å². The molecule has 0 saturated heterocycles. The van der Waals surface area contributed by atoms with Gasteiger partial charge in [-0.15, -0.1) is 0 Å². The Morgan fingerprint density at radius 2 is 0.807 bits per heavy atom. The molecule has 0 bridgehead atoms. The normalized spacial score (nSPS) is 11.5. The van der Waals surface area contributed by atoms with E-state index in [1.807, 2.05) is 36.4 Å². The minimum atomic E-state index is 0.608. The zero-order valence-electron chi connectivity index (χ0n) is 30.8. The lowest BCUT2D eigenvalue weighted by atomic mass is 9.89. The molecule has 0 N–H and O–H groups in total. The molecule has 0 unspecified atom stereocenters. The van der Waals surface area contributed by atoms with E-state index in [1.54, 1.807) is 0 Å². The van der Waals surface area contributed by atoms with Gasteiger partial charge in [0, 0.05) is 33.0 Å². The van der Waals surface area contributed by atoms with Crippen molar-refractivity contribution in [2.24, 2.45) is 0 Å². The van der Waals surface area contributed by atoms with E-state index in [4.69, 9.17) is 19.4 Å². The van der Waals surface area contributed by atoms with Crippen molar-refractivity contribution in [2.75, 3.05) is 0 Å². The largest absolute Gasteiger partial charge is 0.455 e. The molecule has 0 atom stereocenters. The zero-order chi connectivity index (χ0) is 37.7. The molecule has 0 spiro atoms. The molecule has 0 radical (unpaired) electrons. The van der Waals surface area contributed by atoms with E-state index in [0.717, 1.165) is 77.2 Å². The molecule has 0 amide bonds. The van der Waals surface area contributed by atoms with E-state index in [-0.39, 0.29) is 0 Å². The highest BCUT2D eigenvalue weighted by Crippen LogP contribution is 2.46. The van der Waals surface area contributed by atoms with Crippen LogP contribution in [-0.2, 0) is 0 Å². The van der Waals surface area contributed by atoms with Gasteiger partial charge in [0.1, 0.15) is 11.2 Å². The van der Waals surface area contributed by atoms with Crippen molar-refractivity contribution in [3.8, 4) is 67.5 Å². The van der Waals surface area contributed by atoms with Gasteiger partial charge in [-0.1, -0.05) is 188 Å². The van der Waals surface area contributed by atoms with Crippen molar-refractivity contribution < 1.29 is 4.42 Å². The molecule has 0 aliphatic rings. The van der Waals surface area contributed by atoms with Crippen LogP contribution in [0.4, 0.5) is 0 Å². The maximum absolute atomic E-state index is 6.71. The highest BCUT2D eigenvalue weighted by molar-refractivity contribution is 6.18. The molecular formula is C53H33N3O. The Morgan fingerprint density at radius 1 is 0.298 bits per heavy atom. The summed E-state index contributed by atoms with van der Waals surface area (Å²) in [5, 5.41) is 6.73. The second-order valence-corrected chi connectivity index (χ2v) is 14.3. The Balaban J connectivity index is 1.15. The molecule has 9 aromatic carbocycles. The predicted molar refractivity (Wildman–Crippen MR) is 235 cm³/mol. The summed E-state index contributed by atoms with van der Waals surface area (Å²) in [5.74, 6) is 1.84. The maximum atomic E-state index is 6.71. The number of fused-ring (bicyclic) bond motifs is 5. The van der Waals surface area contributed by atoms with Crippen LogP contribution in [0, 0.1) is 0 Å². The lowest BCUT2D eigenvalue weighted by molar-refractivity contribution is 0.670. The summed E-state index contributed by atoms with van der Waals surface area (Å²) >= 11 is 0. The van der Waals surface area contributed by atoms with E-state index in [1.165, 1.54) is 16.3 Å². The number of hydrogen-bond acceptors (Lipinski definition) is 4. The third-order valence-corrected chi connectivity index (χ3v) is 11.0. The van der Waals surface area contributed by atoms with Crippen LogP contribution in [0.1, 0.15) is 0 Å². The minimum absolute atomic E-state index is 0.608. The molecule has 11 aromatic rings. The summed E-state index contributed by atoms with van der Waals surface area (Å²) in [4.78, 5) is 15.7. The van der Waals surface area contributed by atoms with E-state index in [2.05, 4.69) is 164 Å². The summed E-state index contributed by atoms with van der Waals surface area (Å²) in [5.41, 5.74) is 11.0. The molecule has 4 heteroatoms. The van der Waals surface area contributed by atoms with E-state index >= 15 is 0 Å². The summed E-state index contributed by atoms with van der Waals surface area (Å²) in [6, 6.07) is 69.8. The lowest BCUT2D eigenvalue weighted by Crippen LogP contribution is -2.02. The third kappa shape index (κ3) is 5.66. The van der Waals surface area contributed by atoms with Gasteiger partial charge in [0.2, 0.25) is 0 Å². The van der Waals surface area contributed by atoms with Gasteiger partial charge in [0.25, 0.3) is 0 Å². The smallest absolute Gasteiger partial charge is 0.165 e. The molecule has 57 heavy (non-hydrogen) atoms. The predicted octanol–water partition coefficient (Wildman–Crippen LogP) is 14.1. The summed E-state index contributed by atoms with van der Waals surface area (Å²) in [7, 11) is 0. The van der Waals surface area contributed by atoms with Crippen LogP contribution in [0.5, 0.6) is 0 Å². The van der Waals surface area contributed by atoms with Gasteiger partial charge in [0.05, 0.1) is 0 Å². The number of nitrogens with zero attached hydrogens (tertiary/aromatic N) is 3. The van der Waals surface area contributed by atoms with Gasteiger partial charge in [-0.3, -0.25) is 0 Å². The van der Waals surface area contributed by atoms with Crippen molar-refractivity contribution in [2.45, 2.75) is 0 Å². The Hall–Kier alpha value is -7.69. The maximum Gasteiger partial charge on any atom is 0.165 e. The number of rotatable bonds is 6. The molecule has 266 valence electrons. The van der Waals surface area contributed by atoms with Gasteiger partial charge < -0.3 is 4.42 Å². The highest BCUT2D eigenvalue weighted by atomic mass is 16.3. The third-order valence-electron chi connectivity index (χ3n) is 11.0. The fraction of sp³-hybridized carbons (Fsp3) is 0. The van der Waals surface area contributed by atoms with Gasteiger partial charge in [-0.25, -0.2) is 15.0 Å². The topological polar surface area (TPSA) is 51.8 Å². The summed E-state index contributed by atoms with van der Waals surface area (Å²) in [6.45, 7) is 0. The number of hydrogen-bond donors (Lipinski definition) is 0. The van der Waals surface area contributed by atoms with Crippen LogP contribution < -0.4 is 0 Å². The van der Waals surface area contributed by atoms with Gasteiger partial charge in [0.15, 0.2) is 17.5 Å². The Morgan fingerprint density at radius 3 is 1.56 bits per heavy atom.